The molecule has 0 saturated carbocycles. The lowest BCUT2D eigenvalue weighted by atomic mass is 9.83. The number of hydrogen-bond donors (Lipinski definition) is 0. The lowest BCUT2D eigenvalue weighted by Gasteiger charge is -2.33. The molecule has 0 bridgehead atoms. The maximum atomic E-state index is 13.5. The van der Waals surface area contributed by atoms with E-state index in [1.54, 1.807) is 30.3 Å². The lowest BCUT2D eigenvalue weighted by molar-refractivity contribution is -0.155. The van der Waals surface area contributed by atoms with Crippen LogP contribution in [0.15, 0.2) is 60.7 Å². The third-order valence-electron chi connectivity index (χ3n) is 5.00. The van der Waals surface area contributed by atoms with Crippen molar-refractivity contribution >= 4 is 22.5 Å². The van der Waals surface area contributed by atoms with Crippen LogP contribution in [0.2, 0.25) is 0 Å². The lowest BCUT2D eigenvalue weighted by Crippen LogP contribution is -2.54. The van der Waals surface area contributed by atoms with Crippen molar-refractivity contribution in [2.75, 3.05) is 14.2 Å². The van der Waals surface area contributed by atoms with E-state index < -0.39 is 17.4 Å². The molecule has 0 radical (unpaired) electrons. The van der Waals surface area contributed by atoms with Crippen molar-refractivity contribution in [2.24, 2.45) is 0 Å². The van der Waals surface area contributed by atoms with Crippen molar-refractivity contribution in [3.05, 3.63) is 71.8 Å². The molecule has 0 amide bonds. The first-order chi connectivity index (χ1) is 13.1. The van der Waals surface area contributed by atoms with Crippen molar-refractivity contribution in [1.29, 1.82) is 0 Å². The van der Waals surface area contributed by atoms with Gasteiger partial charge in [-0.05, 0) is 22.4 Å². The number of esters is 1. The molecule has 0 spiro atoms. The molecular weight excluding hydrogens is 344 g/mol. The molecule has 27 heavy (non-hydrogen) atoms. The summed E-state index contributed by atoms with van der Waals surface area (Å²) in [5.41, 5.74) is -0.569. The third-order valence-corrected chi connectivity index (χ3v) is 5.00. The average Bonchev–Trinajstić information content (AvgIpc) is 2.72. The molecule has 3 aromatic rings. The first-order valence-electron chi connectivity index (χ1n) is 8.56. The summed E-state index contributed by atoms with van der Waals surface area (Å²) in [6.45, 7) is 0. The summed E-state index contributed by atoms with van der Waals surface area (Å²) in [5, 5.41) is 1.69. The third kappa shape index (κ3) is 2.67. The Morgan fingerprint density at radius 3 is 2.59 bits per heavy atom. The van der Waals surface area contributed by atoms with Gasteiger partial charge in [-0.3, -0.25) is 4.79 Å². The Kier molecular flexibility index (Phi) is 4.16. The topological polar surface area (TPSA) is 61.8 Å². The molecule has 1 aliphatic rings. The second-order valence-corrected chi connectivity index (χ2v) is 6.43. The molecule has 0 aliphatic carbocycles. The van der Waals surface area contributed by atoms with Crippen molar-refractivity contribution in [3.8, 4) is 11.5 Å². The fraction of sp³-hybridized carbons (Fsp3) is 0.182. The van der Waals surface area contributed by atoms with E-state index >= 15 is 0 Å². The zero-order chi connectivity index (χ0) is 19.0. The van der Waals surface area contributed by atoms with Gasteiger partial charge in [-0.1, -0.05) is 48.5 Å². The molecular formula is C22H18O5. The summed E-state index contributed by atoms with van der Waals surface area (Å²) < 4.78 is 16.2. The van der Waals surface area contributed by atoms with Crippen LogP contribution in [0.5, 0.6) is 11.5 Å². The number of Topliss-reactive ketones (excluding diaryl/α,β-unsaturated/α-hetero) is 1. The highest BCUT2D eigenvalue weighted by atomic mass is 16.6. The van der Waals surface area contributed by atoms with Gasteiger partial charge in [0.05, 0.1) is 7.11 Å². The Labute approximate surface area is 156 Å². The van der Waals surface area contributed by atoms with Crippen LogP contribution in [0.4, 0.5) is 0 Å². The average molecular weight is 362 g/mol. The molecule has 1 unspecified atom stereocenters. The predicted octanol–water partition coefficient (Wildman–Crippen LogP) is 3.58. The van der Waals surface area contributed by atoms with Gasteiger partial charge in [0.1, 0.15) is 11.5 Å². The molecule has 0 aromatic heterocycles. The second-order valence-electron chi connectivity index (χ2n) is 6.43. The molecule has 4 rings (SSSR count). The quantitative estimate of drug-likeness (QED) is 0.307. The highest BCUT2D eigenvalue weighted by Crippen LogP contribution is 2.37. The van der Waals surface area contributed by atoms with Gasteiger partial charge in [-0.2, -0.15) is 0 Å². The Morgan fingerprint density at radius 1 is 1.04 bits per heavy atom. The zero-order valence-corrected chi connectivity index (χ0v) is 15.0. The van der Waals surface area contributed by atoms with Gasteiger partial charge in [-0.25, -0.2) is 4.79 Å². The smallest absolute Gasteiger partial charge is 0.352 e. The summed E-state index contributed by atoms with van der Waals surface area (Å²) in [5.74, 6) is -0.165. The van der Waals surface area contributed by atoms with Crippen LogP contribution in [0, 0.1) is 0 Å². The van der Waals surface area contributed by atoms with Gasteiger partial charge in [0.25, 0.3) is 0 Å². The van der Waals surface area contributed by atoms with Gasteiger partial charge < -0.3 is 14.2 Å². The molecule has 0 N–H and O–H groups in total. The minimum Gasteiger partial charge on any atom is -0.497 e. The Balaban J connectivity index is 1.82. The van der Waals surface area contributed by atoms with E-state index in [0.717, 1.165) is 10.8 Å². The summed E-state index contributed by atoms with van der Waals surface area (Å²) >= 11 is 0. The number of ketones is 1. The monoisotopic (exact) mass is 362 g/mol. The highest BCUT2D eigenvalue weighted by molar-refractivity contribution is 6.21. The number of hydrogen-bond acceptors (Lipinski definition) is 5. The van der Waals surface area contributed by atoms with E-state index in [-0.39, 0.29) is 6.42 Å². The predicted molar refractivity (Wildman–Crippen MR) is 100 cm³/mol. The Bertz CT molecular complexity index is 1050. The first-order valence-corrected chi connectivity index (χ1v) is 8.56. The number of fused-ring (bicyclic) bond motifs is 2. The van der Waals surface area contributed by atoms with Crippen molar-refractivity contribution < 1.29 is 23.8 Å². The van der Waals surface area contributed by atoms with E-state index in [1.807, 2.05) is 30.3 Å². The minimum atomic E-state index is -1.72. The maximum Gasteiger partial charge on any atom is 0.352 e. The van der Waals surface area contributed by atoms with E-state index in [4.69, 9.17) is 14.2 Å². The van der Waals surface area contributed by atoms with E-state index in [1.165, 1.54) is 14.2 Å². The fourth-order valence-corrected chi connectivity index (χ4v) is 3.49. The fourth-order valence-electron chi connectivity index (χ4n) is 3.49. The number of rotatable bonds is 4. The summed E-state index contributed by atoms with van der Waals surface area (Å²) in [6.07, 6.45) is 0.101. The Morgan fingerprint density at radius 2 is 1.81 bits per heavy atom. The summed E-state index contributed by atoms with van der Waals surface area (Å²) in [7, 11) is 2.90. The second kappa shape index (κ2) is 6.52. The van der Waals surface area contributed by atoms with Gasteiger partial charge in [-0.15, -0.1) is 0 Å². The largest absolute Gasteiger partial charge is 0.497 e. The van der Waals surface area contributed by atoms with Gasteiger partial charge in [0, 0.05) is 25.2 Å². The SMILES string of the molecule is COc1ccc2c(c1)OC(=O)C(OC)(C(=O)c1cccc3ccccc13)C2. The van der Waals surface area contributed by atoms with E-state index in [0.29, 0.717) is 22.6 Å². The van der Waals surface area contributed by atoms with E-state index in [2.05, 4.69) is 0 Å². The molecule has 5 nitrogen and oxygen atoms in total. The molecule has 1 heterocycles. The molecule has 0 fully saturated rings. The standard InChI is InChI=1S/C22H18O5/c1-25-16-11-10-15-13-22(26-2,21(24)27-19(15)12-16)20(23)18-9-5-7-14-6-3-4-8-17(14)18/h3-12H,13H2,1-2H3. The minimum absolute atomic E-state index is 0.101. The van der Waals surface area contributed by atoms with Crippen LogP contribution in [0.1, 0.15) is 15.9 Å². The van der Waals surface area contributed by atoms with Crippen LogP contribution < -0.4 is 9.47 Å². The molecule has 1 aliphatic heterocycles. The van der Waals surface area contributed by atoms with Gasteiger partial charge in [0.15, 0.2) is 0 Å². The molecule has 5 heteroatoms. The van der Waals surface area contributed by atoms with Crippen LogP contribution in [0.3, 0.4) is 0 Å². The Hall–Kier alpha value is -3.18. The first kappa shape index (κ1) is 17.2. The number of carbonyl (C=O) groups excluding carboxylic acids is 2. The summed E-state index contributed by atoms with van der Waals surface area (Å²) in [6, 6.07) is 18.2. The van der Waals surface area contributed by atoms with Gasteiger partial charge >= 0.3 is 5.97 Å². The van der Waals surface area contributed by atoms with Crippen LogP contribution in [-0.2, 0) is 16.0 Å². The van der Waals surface area contributed by atoms with Crippen LogP contribution in [0.25, 0.3) is 10.8 Å². The molecule has 1 atom stereocenters. The highest BCUT2D eigenvalue weighted by Gasteiger charge is 2.52. The molecule has 0 saturated heterocycles. The maximum absolute atomic E-state index is 13.5. The van der Waals surface area contributed by atoms with Crippen molar-refractivity contribution in [2.45, 2.75) is 12.0 Å². The number of ether oxygens (including phenoxy) is 3. The number of carbonyl (C=O) groups is 2. The molecule has 3 aromatic carbocycles. The molecule has 136 valence electrons. The van der Waals surface area contributed by atoms with Crippen molar-refractivity contribution in [3.63, 3.8) is 0 Å². The van der Waals surface area contributed by atoms with Crippen molar-refractivity contribution in [1.82, 2.24) is 0 Å². The number of methoxy groups -OCH3 is 2. The van der Waals surface area contributed by atoms with Gasteiger partial charge in [0.2, 0.25) is 11.4 Å². The van der Waals surface area contributed by atoms with Crippen LogP contribution in [-0.4, -0.2) is 31.6 Å². The van der Waals surface area contributed by atoms with Crippen LogP contribution >= 0.6 is 0 Å². The number of benzene rings is 3. The zero-order valence-electron chi connectivity index (χ0n) is 15.0. The summed E-state index contributed by atoms with van der Waals surface area (Å²) in [4.78, 5) is 26.3. The normalized spacial score (nSPS) is 18.7. The van der Waals surface area contributed by atoms with E-state index in [9.17, 15) is 9.59 Å².